The molecule has 1 aromatic rings. The highest BCUT2D eigenvalue weighted by atomic mass is 127. The molecule has 1 saturated carbocycles. The lowest BCUT2D eigenvalue weighted by molar-refractivity contribution is 0.316. The van der Waals surface area contributed by atoms with Crippen molar-refractivity contribution in [2.24, 2.45) is 10.9 Å². The van der Waals surface area contributed by atoms with E-state index in [-0.39, 0.29) is 29.7 Å². The third-order valence-corrected chi connectivity index (χ3v) is 6.23. The van der Waals surface area contributed by atoms with E-state index in [1.165, 1.54) is 12.0 Å². The molecule has 3 N–H and O–H groups in total. The fraction of sp³-hybridized carbons (Fsp3) is 0.632. The molecule has 1 aromatic carbocycles. The van der Waals surface area contributed by atoms with E-state index in [1.807, 2.05) is 19.1 Å². The quantitative estimate of drug-likeness (QED) is 0.248. The summed E-state index contributed by atoms with van der Waals surface area (Å²) >= 11 is 0. The highest BCUT2D eigenvalue weighted by Crippen LogP contribution is 2.25. The van der Waals surface area contributed by atoms with Gasteiger partial charge in [-0.3, -0.25) is 4.99 Å². The SMILES string of the molecule is CN=C(NCCc1ccc(C)c(OC)c1)NCCS(=O)(=O)NCC1CCC1.I. The number of hydrogen-bond donors (Lipinski definition) is 3. The molecule has 1 aliphatic rings. The number of benzene rings is 1. The van der Waals surface area contributed by atoms with Crippen molar-refractivity contribution in [2.45, 2.75) is 32.6 Å². The van der Waals surface area contributed by atoms with Crippen LogP contribution in [-0.4, -0.2) is 53.9 Å². The van der Waals surface area contributed by atoms with Gasteiger partial charge in [-0.2, -0.15) is 0 Å². The van der Waals surface area contributed by atoms with E-state index in [0.717, 1.165) is 30.6 Å². The number of guanidine groups is 1. The van der Waals surface area contributed by atoms with Gasteiger partial charge >= 0.3 is 0 Å². The first-order valence-corrected chi connectivity index (χ1v) is 11.1. The average molecular weight is 524 g/mol. The number of aryl methyl sites for hydroxylation is 1. The van der Waals surface area contributed by atoms with Crippen LogP contribution in [0.5, 0.6) is 5.75 Å². The number of nitrogens with zero attached hydrogens (tertiary/aromatic N) is 1. The van der Waals surface area contributed by atoms with Crippen LogP contribution in [-0.2, 0) is 16.4 Å². The highest BCUT2D eigenvalue weighted by Gasteiger charge is 2.20. The minimum Gasteiger partial charge on any atom is -0.496 e. The Morgan fingerprint density at radius 2 is 1.96 bits per heavy atom. The first-order chi connectivity index (χ1) is 12.9. The number of rotatable bonds is 10. The lowest BCUT2D eigenvalue weighted by Crippen LogP contribution is -2.42. The summed E-state index contributed by atoms with van der Waals surface area (Å²) in [7, 11) is 0.105. The molecule has 0 heterocycles. The average Bonchev–Trinajstić information content (AvgIpc) is 2.60. The highest BCUT2D eigenvalue weighted by molar-refractivity contribution is 14.0. The number of sulfonamides is 1. The summed E-state index contributed by atoms with van der Waals surface area (Å²) in [6.45, 7) is 3.59. The second-order valence-corrected chi connectivity index (χ2v) is 8.87. The van der Waals surface area contributed by atoms with E-state index < -0.39 is 10.0 Å². The number of nitrogens with one attached hydrogen (secondary N) is 3. The fourth-order valence-electron chi connectivity index (χ4n) is 2.88. The van der Waals surface area contributed by atoms with Gasteiger partial charge in [0.1, 0.15) is 5.75 Å². The molecule has 0 bridgehead atoms. The van der Waals surface area contributed by atoms with Gasteiger partial charge in [-0.1, -0.05) is 18.6 Å². The summed E-state index contributed by atoms with van der Waals surface area (Å²) in [5.41, 5.74) is 2.28. The maximum Gasteiger partial charge on any atom is 0.213 e. The van der Waals surface area contributed by atoms with Crippen molar-refractivity contribution in [1.29, 1.82) is 0 Å². The molecule has 2 rings (SSSR count). The van der Waals surface area contributed by atoms with Gasteiger partial charge in [0, 0.05) is 26.7 Å². The van der Waals surface area contributed by atoms with Crippen molar-refractivity contribution in [1.82, 2.24) is 15.4 Å². The van der Waals surface area contributed by atoms with E-state index in [0.29, 0.717) is 31.5 Å². The van der Waals surface area contributed by atoms with Crippen LogP contribution in [0.15, 0.2) is 23.2 Å². The van der Waals surface area contributed by atoms with Gasteiger partial charge in [0.05, 0.1) is 12.9 Å². The molecule has 28 heavy (non-hydrogen) atoms. The van der Waals surface area contributed by atoms with Crippen molar-refractivity contribution < 1.29 is 13.2 Å². The minimum atomic E-state index is -3.24. The van der Waals surface area contributed by atoms with Gasteiger partial charge in [-0.15, -0.1) is 24.0 Å². The Morgan fingerprint density at radius 1 is 1.25 bits per heavy atom. The monoisotopic (exact) mass is 524 g/mol. The summed E-state index contributed by atoms with van der Waals surface area (Å²) < 4.78 is 32.1. The lowest BCUT2D eigenvalue weighted by atomic mass is 9.86. The number of aliphatic imine (C=N–C) groups is 1. The zero-order chi connectivity index (χ0) is 19.7. The van der Waals surface area contributed by atoms with E-state index in [1.54, 1.807) is 14.2 Å². The van der Waals surface area contributed by atoms with Gasteiger partial charge in [-0.05, 0) is 49.3 Å². The van der Waals surface area contributed by atoms with Gasteiger partial charge in [0.2, 0.25) is 10.0 Å². The summed E-state index contributed by atoms with van der Waals surface area (Å²) in [5, 5.41) is 6.26. The molecule has 0 atom stereocenters. The normalized spacial score (nSPS) is 14.8. The van der Waals surface area contributed by atoms with E-state index >= 15 is 0 Å². The van der Waals surface area contributed by atoms with E-state index in [2.05, 4.69) is 26.4 Å². The molecule has 0 unspecified atom stereocenters. The van der Waals surface area contributed by atoms with Crippen molar-refractivity contribution in [3.8, 4) is 5.75 Å². The molecule has 1 fully saturated rings. The van der Waals surface area contributed by atoms with Crippen LogP contribution in [0.2, 0.25) is 0 Å². The standard InChI is InChI=1S/C19H32N4O3S.HI/c1-15-7-8-16(13-18(15)26-3)9-10-21-19(20-2)22-11-12-27(24,25)23-14-17-5-4-6-17;/h7-8,13,17,23H,4-6,9-12,14H2,1-3H3,(H2,20,21,22);1H. The summed E-state index contributed by atoms with van der Waals surface area (Å²) in [6, 6.07) is 6.16. The molecule has 7 nitrogen and oxygen atoms in total. The second kappa shape index (κ2) is 12.5. The van der Waals surface area contributed by atoms with Crippen LogP contribution >= 0.6 is 24.0 Å². The minimum absolute atomic E-state index is 0. The molecule has 0 spiro atoms. The molecule has 0 aliphatic heterocycles. The van der Waals surface area contributed by atoms with Crippen LogP contribution in [0.25, 0.3) is 0 Å². The summed E-state index contributed by atoms with van der Waals surface area (Å²) in [5.74, 6) is 2.04. The molecule has 0 radical (unpaired) electrons. The summed E-state index contributed by atoms with van der Waals surface area (Å²) in [4.78, 5) is 4.14. The number of methoxy groups -OCH3 is 1. The Kier molecular flexibility index (Phi) is 11.1. The first-order valence-electron chi connectivity index (χ1n) is 9.49. The first kappa shape index (κ1) is 25.0. The molecule has 160 valence electrons. The molecular weight excluding hydrogens is 491 g/mol. The van der Waals surface area contributed by atoms with Crippen LogP contribution in [0, 0.1) is 12.8 Å². The van der Waals surface area contributed by atoms with Gasteiger partial charge in [0.15, 0.2) is 5.96 Å². The maximum atomic E-state index is 12.0. The Bertz CT molecular complexity index is 737. The van der Waals surface area contributed by atoms with Gasteiger partial charge < -0.3 is 15.4 Å². The maximum absolute atomic E-state index is 12.0. The van der Waals surface area contributed by atoms with Crippen molar-refractivity contribution in [3.05, 3.63) is 29.3 Å². The molecule has 0 saturated heterocycles. The zero-order valence-electron chi connectivity index (χ0n) is 17.0. The van der Waals surface area contributed by atoms with Crippen LogP contribution in [0.3, 0.4) is 0 Å². The van der Waals surface area contributed by atoms with E-state index in [9.17, 15) is 8.42 Å². The summed E-state index contributed by atoms with van der Waals surface area (Å²) in [6.07, 6.45) is 4.29. The molecule has 0 aromatic heterocycles. The smallest absolute Gasteiger partial charge is 0.213 e. The number of halogens is 1. The Hall–Kier alpha value is -1.07. The molecule has 1 aliphatic carbocycles. The molecular formula is C19H33IN4O3S. The number of ether oxygens (including phenoxy) is 1. The Morgan fingerprint density at radius 3 is 2.57 bits per heavy atom. The van der Waals surface area contributed by atoms with Crippen LogP contribution in [0.4, 0.5) is 0 Å². The topological polar surface area (TPSA) is 91.8 Å². The Balaban J connectivity index is 0.00000392. The third-order valence-electron chi connectivity index (χ3n) is 4.88. The van der Waals surface area contributed by atoms with Gasteiger partial charge in [-0.25, -0.2) is 13.1 Å². The molecule has 0 amide bonds. The van der Waals surface area contributed by atoms with Crippen LogP contribution in [0.1, 0.15) is 30.4 Å². The van der Waals surface area contributed by atoms with Gasteiger partial charge in [0.25, 0.3) is 0 Å². The van der Waals surface area contributed by atoms with Crippen molar-refractivity contribution in [3.63, 3.8) is 0 Å². The fourth-order valence-corrected chi connectivity index (χ4v) is 3.89. The second-order valence-electron chi connectivity index (χ2n) is 6.94. The van der Waals surface area contributed by atoms with Crippen molar-refractivity contribution in [2.75, 3.05) is 39.5 Å². The third kappa shape index (κ3) is 8.52. The zero-order valence-corrected chi connectivity index (χ0v) is 20.1. The predicted octanol–water partition coefficient (Wildman–Crippen LogP) is 2.05. The van der Waals surface area contributed by atoms with E-state index in [4.69, 9.17) is 4.74 Å². The molecule has 9 heteroatoms. The lowest BCUT2D eigenvalue weighted by Gasteiger charge is -2.25. The van der Waals surface area contributed by atoms with Crippen LogP contribution < -0.4 is 20.1 Å². The van der Waals surface area contributed by atoms with Crippen molar-refractivity contribution >= 4 is 40.0 Å². The largest absolute Gasteiger partial charge is 0.496 e. The number of hydrogen-bond acceptors (Lipinski definition) is 4. The Labute approximate surface area is 186 Å². The predicted molar refractivity (Wildman–Crippen MR) is 125 cm³/mol.